The number of carbonyl (C=O) groups is 7. The summed E-state index contributed by atoms with van der Waals surface area (Å²) in [6, 6.07) is 2.97. The van der Waals surface area contributed by atoms with E-state index in [9.17, 15) is 54.0 Å². The average molecular weight is 1180 g/mol. The normalized spacial score (nSPS) is 22.8. The molecule has 0 spiro atoms. The first-order valence-electron chi connectivity index (χ1n) is 30.2. The molecule has 5 atom stereocenters. The number of likely N-dealkylation sites (tertiary alicyclic amines) is 2. The molecule has 20 nitrogen and oxygen atoms in total. The van der Waals surface area contributed by atoms with E-state index in [0.717, 1.165) is 25.7 Å². The third-order valence-corrected chi connectivity index (χ3v) is 17.9. The molecule has 0 radical (unpaired) electrons. The number of carbonyl (C=O) groups excluding carboxylic acids is 5. The number of hydrogen-bond acceptors (Lipinski definition) is 14. The number of nitrogens with zero attached hydrogens (tertiary/aromatic N) is 4. The van der Waals surface area contributed by atoms with Gasteiger partial charge in [0.15, 0.2) is 6.23 Å². The zero-order valence-corrected chi connectivity index (χ0v) is 50.7. The zero-order chi connectivity index (χ0) is 61.5. The molecule has 8 rings (SSSR count). The van der Waals surface area contributed by atoms with Gasteiger partial charge in [0.1, 0.15) is 34.2 Å². The lowest BCUT2D eigenvalue weighted by molar-refractivity contribution is -0.144. The minimum atomic E-state index is -1.12. The zero-order valence-electron chi connectivity index (χ0n) is 50.7. The standard InChI is InChI=1S/C65H86N4O16/c1-39(2)14-9-16-41(5)18-11-25-64(7)53(71)34-47-51(82-62(79)66-28-21-43(22-29-66)60(75)76)32-45-49(56(47)84-64)36-68(58(45)73)27-13-20-55(81-38-70)69-37-50-46(59(69)74)33-52(83-63(80)67-30-23-44(24-31-67)61(77)78)48-35-54(72)65(8,85-57(48)50)26-12-19-42(6)17-10-15-40(3)4/h14-15,18-19,32-33,38,43-44,53-55,71-72H,9-13,16-17,20-31,34-37H2,1-8H3,(H,75,76)(H,77,78)/b41-18+,42-19+/t53-,54-,55+,64+,65+/m0/s1. The lowest BCUT2D eigenvalue weighted by atomic mass is 9.84. The Morgan fingerprint density at radius 3 is 1.49 bits per heavy atom. The first-order valence-corrected chi connectivity index (χ1v) is 30.2. The van der Waals surface area contributed by atoms with Crippen molar-refractivity contribution < 1.29 is 77.7 Å². The maximum Gasteiger partial charge on any atom is 0.415 e. The number of fused-ring (bicyclic) bond motifs is 6. The molecule has 0 bridgehead atoms. The Morgan fingerprint density at radius 2 is 1.07 bits per heavy atom. The highest BCUT2D eigenvalue weighted by molar-refractivity contribution is 6.01. The van der Waals surface area contributed by atoms with Gasteiger partial charge in [-0.2, -0.15) is 0 Å². The lowest BCUT2D eigenvalue weighted by Crippen LogP contribution is -2.49. The fourth-order valence-electron chi connectivity index (χ4n) is 12.4. The van der Waals surface area contributed by atoms with Gasteiger partial charge >= 0.3 is 24.1 Å². The van der Waals surface area contributed by atoms with Gasteiger partial charge in [-0.25, -0.2) is 9.59 Å². The van der Waals surface area contributed by atoms with Gasteiger partial charge in [-0.05, 0) is 151 Å². The SMILES string of the molecule is CC(C)=CCC/C(C)=C/CC[C@@]1(C)Oc2c(c(OC(=O)N3CCC(C(=O)O)CC3)cc3c2CN(CCC[C@@H](OC=O)N2Cc4c(cc(OC(=O)N5CCC(C(=O)O)CC5)c5c4O[C@](C)(CC/C=C(\C)CCC=C(C)C)[C@@H](O)C5)C2=O)C3=O)C[C@@H]1O. The van der Waals surface area contributed by atoms with Crippen molar-refractivity contribution in [1.29, 1.82) is 0 Å². The summed E-state index contributed by atoms with van der Waals surface area (Å²) in [5.74, 6) is -3.22. The minimum Gasteiger partial charge on any atom is -0.484 e. The number of amides is 4. The van der Waals surface area contributed by atoms with E-state index in [-0.39, 0.29) is 138 Å². The minimum absolute atomic E-state index is 0.0161. The Kier molecular flexibility index (Phi) is 20.6. The van der Waals surface area contributed by atoms with Gasteiger partial charge in [-0.1, -0.05) is 46.6 Å². The van der Waals surface area contributed by atoms with Crippen molar-refractivity contribution in [1.82, 2.24) is 19.6 Å². The second kappa shape index (κ2) is 27.5. The van der Waals surface area contributed by atoms with Gasteiger partial charge in [0.25, 0.3) is 18.3 Å². The van der Waals surface area contributed by atoms with Crippen LogP contribution in [0.5, 0.6) is 23.0 Å². The molecule has 4 N–H and O–H groups in total. The highest BCUT2D eigenvalue weighted by Crippen LogP contribution is 2.49. The smallest absolute Gasteiger partial charge is 0.415 e. The van der Waals surface area contributed by atoms with E-state index >= 15 is 0 Å². The number of hydrogen-bond donors (Lipinski definition) is 4. The summed E-state index contributed by atoms with van der Waals surface area (Å²) in [6.07, 6.45) is 11.2. The van der Waals surface area contributed by atoms with E-state index in [1.54, 1.807) is 4.90 Å². The predicted molar refractivity (Wildman–Crippen MR) is 314 cm³/mol. The van der Waals surface area contributed by atoms with Crippen LogP contribution in [-0.4, -0.2) is 145 Å². The van der Waals surface area contributed by atoms with E-state index in [1.807, 2.05) is 13.8 Å². The molecule has 6 aliphatic heterocycles. The van der Waals surface area contributed by atoms with Crippen molar-refractivity contribution in [3.8, 4) is 23.0 Å². The molecule has 462 valence electrons. The highest BCUT2D eigenvalue weighted by Gasteiger charge is 2.48. The van der Waals surface area contributed by atoms with E-state index in [2.05, 4.69) is 65.8 Å². The molecule has 2 saturated heterocycles. The van der Waals surface area contributed by atoms with Gasteiger partial charge in [0.2, 0.25) is 0 Å². The molecule has 0 aromatic heterocycles. The number of carboxylic acid groups (broad SMARTS) is 2. The number of piperidine rings is 2. The molecule has 85 heavy (non-hydrogen) atoms. The molecule has 20 heteroatoms. The van der Waals surface area contributed by atoms with E-state index in [0.29, 0.717) is 53.7 Å². The third kappa shape index (κ3) is 14.9. The van der Waals surface area contributed by atoms with Gasteiger partial charge in [0.05, 0.1) is 48.3 Å². The number of benzene rings is 2. The van der Waals surface area contributed by atoms with Crippen LogP contribution in [0.25, 0.3) is 0 Å². The Bertz CT molecular complexity index is 3010. The van der Waals surface area contributed by atoms with E-state index in [1.165, 1.54) is 49.1 Å². The van der Waals surface area contributed by atoms with E-state index in [4.69, 9.17) is 23.7 Å². The van der Waals surface area contributed by atoms with E-state index < -0.39 is 71.5 Å². The lowest BCUT2D eigenvalue weighted by Gasteiger charge is -2.41. The Morgan fingerprint density at radius 1 is 0.635 bits per heavy atom. The second-order valence-corrected chi connectivity index (χ2v) is 24.9. The van der Waals surface area contributed by atoms with Gasteiger partial charge in [-0.3, -0.25) is 28.9 Å². The quantitative estimate of drug-likeness (QED) is 0.0596. The number of allylic oxidation sites excluding steroid dienone is 8. The molecule has 4 amide bonds. The fourth-order valence-corrected chi connectivity index (χ4v) is 12.4. The second-order valence-electron chi connectivity index (χ2n) is 24.9. The van der Waals surface area contributed by atoms with Crippen LogP contribution >= 0.6 is 0 Å². The summed E-state index contributed by atoms with van der Waals surface area (Å²) in [4.78, 5) is 98.3. The number of ether oxygens (including phenoxy) is 5. The molecule has 2 aromatic rings. The maximum absolute atomic E-state index is 14.7. The van der Waals surface area contributed by atoms with Gasteiger partial charge in [-0.15, -0.1) is 0 Å². The average Bonchev–Trinajstić information content (AvgIpc) is 2.38. The summed E-state index contributed by atoms with van der Waals surface area (Å²) in [7, 11) is 0. The molecule has 2 fully saturated rings. The van der Waals surface area contributed by atoms with Crippen molar-refractivity contribution in [2.45, 2.75) is 201 Å². The Hall–Kier alpha value is -7.19. The molecule has 0 aliphatic carbocycles. The van der Waals surface area contributed by atoms with Crippen molar-refractivity contribution in [3.05, 3.63) is 92.1 Å². The molecule has 6 aliphatic rings. The highest BCUT2D eigenvalue weighted by atomic mass is 16.6. The first kappa shape index (κ1) is 63.8. The molecular formula is C65H86N4O16. The molecule has 0 saturated carbocycles. The fraction of sp³-hybridized carbons (Fsp3) is 0.585. The third-order valence-electron chi connectivity index (χ3n) is 17.9. The van der Waals surface area contributed by atoms with Crippen molar-refractivity contribution in [2.24, 2.45) is 11.8 Å². The molecular weight excluding hydrogens is 1090 g/mol. The van der Waals surface area contributed by atoms with Crippen molar-refractivity contribution in [2.75, 3.05) is 32.7 Å². The van der Waals surface area contributed by atoms with Crippen LogP contribution < -0.4 is 18.9 Å². The summed E-state index contributed by atoms with van der Waals surface area (Å²) < 4.78 is 31.4. The summed E-state index contributed by atoms with van der Waals surface area (Å²) in [5, 5.41) is 42.8. The van der Waals surface area contributed by atoms with Crippen LogP contribution in [-0.2, 0) is 45.1 Å². The largest absolute Gasteiger partial charge is 0.484 e. The molecule has 6 heterocycles. The van der Waals surface area contributed by atoms with Crippen LogP contribution in [0.1, 0.15) is 188 Å². The number of aliphatic hydroxyl groups is 2. The topological polar surface area (TPSA) is 260 Å². The molecule has 0 unspecified atom stereocenters. The van der Waals surface area contributed by atoms with Crippen LogP contribution in [0, 0.1) is 11.8 Å². The number of carboxylic acids is 2. The van der Waals surface area contributed by atoms with Crippen LogP contribution in [0.15, 0.2) is 58.7 Å². The molecule has 2 aromatic carbocycles. The summed E-state index contributed by atoms with van der Waals surface area (Å²) in [6.45, 7) is 17.1. The number of aliphatic hydroxyl groups excluding tert-OH is 2. The maximum atomic E-state index is 14.7. The predicted octanol–water partition coefficient (Wildman–Crippen LogP) is 10.2. The first-order chi connectivity index (χ1) is 40.4. The Labute approximate surface area is 498 Å². The monoisotopic (exact) mass is 1180 g/mol. The van der Waals surface area contributed by atoms with Crippen LogP contribution in [0.3, 0.4) is 0 Å². The van der Waals surface area contributed by atoms with Gasteiger partial charge < -0.3 is 58.8 Å². The van der Waals surface area contributed by atoms with Crippen molar-refractivity contribution in [3.63, 3.8) is 0 Å². The summed E-state index contributed by atoms with van der Waals surface area (Å²) in [5.41, 5.74) is 4.95. The van der Waals surface area contributed by atoms with Gasteiger partial charge in [0, 0.05) is 74.2 Å². The van der Waals surface area contributed by atoms with Crippen LogP contribution in [0.2, 0.25) is 0 Å². The Balaban J connectivity index is 1.01. The number of aliphatic carboxylic acids is 2. The summed E-state index contributed by atoms with van der Waals surface area (Å²) >= 11 is 0. The number of rotatable bonds is 23. The van der Waals surface area contributed by atoms with Crippen LogP contribution in [0.4, 0.5) is 9.59 Å². The van der Waals surface area contributed by atoms with Crippen molar-refractivity contribution >= 4 is 42.4 Å².